The number of guanidine groups is 1. The van der Waals surface area contributed by atoms with Crippen LogP contribution in [0.25, 0.3) is 0 Å². The third-order valence-electron chi connectivity index (χ3n) is 3.96. The Morgan fingerprint density at radius 1 is 1.43 bits per heavy atom. The molecule has 1 aliphatic heterocycles. The van der Waals surface area contributed by atoms with E-state index < -0.39 is 14.6 Å². The third kappa shape index (κ3) is 4.56. The molecule has 6 nitrogen and oxygen atoms in total. The molecule has 0 aromatic carbocycles. The Balaban J connectivity index is 0.00000264. The van der Waals surface area contributed by atoms with Crippen molar-refractivity contribution in [3.63, 3.8) is 0 Å². The van der Waals surface area contributed by atoms with Crippen LogP contribution >= 0.6 is 35.3 Å². The van der Waals surface area contributed by atoms with Crippen molar-refractivity contribution in [2.75, 3.05) is 25.9 Å². The molecule has 0 aliphatic carbocycles. The monoisotopic (exact) mass is 472 g/mol. The molecule has 0 atom stereocenters. The van der Waals surface area contributed by atoms with Crippen LogP contribution in [0.5, 0.6) is 0 Å². The van der Waals surface area contributed by atoms with E-state index in [2.05, 4.69) is 15.3 Å². The van der Waals surface area contributed by atoms with Gasteiger partial charge in [0.25, 0.3) is 0 Å². The summed E-state index contributed by atoms with van der Waals surface area (Å²) in [4.78, 5) is 11.9. The number of aliphatic imine (C=N–C) groups is 1. The molecule has 0 amide bonds. The molecule has 1 N–H and O–H groups in total. The van der Waals surface area contributed by atoms with Crippen LogP contribution in [0.4, 0.5) is 0 Å². The fourth-order valence-electron chi connectivity index (χ4n) is 2.55. The Labute approximate surface area is 159 Å². The van der Waals surface area contributed by atoms with Crippen LogP contribution in [0.3, 0.4) is 0 Å². The molecule has 9 heteroatoms. The standard InChI is InChI=1S/C14H24N4O2S2.HI/c1-10-12(21-11(2)17-10)8-16-13(15-5)18-6-7-22(19,20)14(3,4)9-18;/h6-9H2,1-5H3,(H,15,16);1H. The summed E-state index contributed by atoms with van der Waals surface area (Å²) in [6, 6.07) is 0. The van der Waals surface area contributed by atoms with E-state index in [4.69, 9.17) is 0 Å². The highest BCUT2D eigenvalue weighted by Crippen LogP contribution is 2.24. The van der Waals surface area contributed by atoms with Crippen molar-refractivity contribution in [1.29, 1.82) is 0 Å². The largest absolute Gasteiger partial charge is 0.351 e. The predicted octanol–water partition coefficient (Wildman–Crippen LogP) is 1.96. The van der Waals surface area contributed by atoms with Gasteiger partial charge in [0.1, 0.15) is 0 Å². The number of nitrogens with one attached hydrogen (secondary N) is 1. The van der Waals surface area contributed by atoms with E-state index in [1.165, 1.54) is 4.88 Å². The van der Waals surface area contributed by atoms with Crippen LogP contribution < -0.4 is 5.32 Å². The van der Waals surface area contributed by atoms with Crippen molar-refractivity contribution >= 4 is 51.1 Å². The summed E-state index contributed by atoms with van der Waals surface area (Å²) in [6.45, 7) is 9.14. The van der Waals surface area contributed by atoms with Gasteiger partial charge in [0.05, 0.1) is 27.7 Å². The van der Waals surface area contributed by atoms with E-state index >= 15 is 0 Å². The van der Waals surface area contributed by atoms with Crippen molar-refractivity contribution in [3.8, 4) is 0 Å². The second-order valence-corrected chi connectivity index (χ2v) is 10.2. The fraction of sp³-hybridized carbons (Fsp3) is 0.714. The quantitative estimate of drug-likeness (QED) is 0.405. The molecule has 0 bridgehead atoms. The molecule has 1 aromatic heterocycles. The van der Waals surface area contributed by atoms with Crippen molar-refractivity contribution in [1.82, 2.24) is 15.2 Å². The van der Waals surface area contributed by atoms with Gasteiger partial charge in [0, 0.05) is 25.0 Å². The van der Waals surface area contributed by atoms with E-state index in [1.54, 1.807) is 32.2 Å². The van der Waals surface area contributed by atoms with Crippen LogP contribution in [-0.2, 0) is 16.4 Å². The summed E-state index contributed by atoms with van der Waals surface area (Å²) >= 11 is 1.67. The summed E-state index contributed by atoms with van der Waals surface area (Å²) in [5.41, 5.74) is 1.03. The van der Waals surface area contributed by atoms with Crippen LogP contribution in [0.2, 0.25) is 0 Å². The van der Waals surface area contributed by atoms with E-state index in [1.807, 2.05) is 18.7 Å². The van der Waals surface area contributed by atoms with E-state index in [9.17, 15) is 8.42 Å². The van der Waals surface area contributed by atoms with Gasteiger partial charge in [0.15, 0.2) is 15.8 Å². The highest BCUT2D eigenvalue weighted by molar-refractivity contribution is 14.0. The number of hydrogen-bond donors (Lipinski definition) is 1. The number of halogens is 1. The van der Waals surface area contributed by atoms with Crippen molar-refractivity contribution < 1.29 is 8.42 Å². The third-order valence-corrected chi connectivity index (χ3v) is 7.57. The number of nitrogens with zero attached hydrogens (tertiary/aromatic N) is 3. The molecule has 0 radical (unpaired) electrons. The van der Waals surface area contributed by atoms with Gasteiger partial charge in [-0.15, -0.1) is 35.3 Å². The zero-order valence-electron chi connectivity index (χ0n) is 14.2. The van der Waals surface area contributed by atoms with Crippen LogP contribution in [0.1, 0.15) is 29.4 Å². The second-order valence-electron chi connectivity index (χ2n) is 6.14. The Kier molecular flexibility index (Phi) is 6.85. The maximum Gasteiger partial charge on any atom is 0.194 e. The summed E-state index contributed by atoms with van der Waals surface area (Å²) in [7, 11) is -1.31. The minimum atomic E-state index is -3.04. The number of sulfone groups is 1. The second kappa shape index (κ2) is 7.64. The normalized spacial score (nSPS) is 20.0. The smallest absolute Gasteiger partial charge is 0.194 e. The molecule has 1 aromatic rings. The molecular weight excluding hydrogens is 447 g/mol. The molecule has 0 saturated carbocycles. The van der Waals surface area contributed by atoms with Gasteiger partial charge in [-0.25, -0.2) is 13.4 Å². The highest BCUT2D eigenvalue weighted by Gasteiger charge is 2.40. The molecule has 2 heterocycles. The molecule has 1 fully saturated rings. The van der Waals surface area contributed by atoms with E-state index in [0.29, 0.717) is 19.6 Å². The van der Waals surface area contributed by atoms with E-state index in [-0.39, 0.29) is 29.7 Å². The maximum atomic E-state index is 12.1. The molecule has 132 valence electrons. The van der Waals surface area contributed by atoms with Gasteiger partial charge in [-0.3, -0.25) is 4.99 Å². The van der Waals surface area contributed by atoms with Gasteiger partial charge in [-0.05, 0) is 27.7 Å². The first-order chi connectivity index (χ1) is 10.2. The first kappa shape index (κ1) is 20.6. The molecule has 23 heavy (non-hydrogen) atoms. The summed E-state index contributed by atoms with van der Waals surface area (Å²) in [5, 5.41) is 4.38. The molecular formula is C14H25IN4O2S2. The minimum Gasteiger partial charge on any atom is -0.351 e. The van der Waals surface area contributed by atoms with Gasteiger partial charge in [0.2, 0.25) is 0 Å². The van der Waals surface area contributed by atoms with Gasteiger partial charge in [-0.2, -0.15) is 0 Å². The lowest BCUT2D eigenvalue weighted by atomic mass is 10.2. The minimum absolute atomic E-state index is 0. The Morgan fingerprint density at radius 3 is 2.57 bits per heavy atom. The summed E-state index contributed by atoms with van der Waals surface area (Å²) < 4.78 is 23.4. The number of thiazole rings is 1. The SMILES string of the molecule is CN=C(NCc1sc(C)nc1C)N1CCS(=O)(=O)C(C)(C)C1.I. The maximum absolute atomic E-state index is 12.1. The predicted molar refractivity (Wildman–Crippen MR) is 107 cm³/mol. The lowest BCUT2D eigenvalue weighted by molar-refractivity contribution is 0.353. The van der Waals surface area contributed by atoms with Gasteiger partial charge < -0.3 is 10.2 Å². The van der Waals surface area contributed by atoms with Crippen molar-refractivity contribution in [2.45, 2.75) is 39.0 Å². The van der Waals surface area contributed by atoms with Gasteiger partial charge >= 0.3 is 0 Å². The average Bonchev–Trinajstić information content (AvgIpc) is 2.73. The first-order valence-electron chi connectivity index (χ1n) is 7.27. The highest BCUT2D eigenvalue weighted by atomic mass is 127. The van der Waals surface area contributed by atoms with Crippen molar-refractivity contribution in [3.05, 3.63) is 15.6 Å². The van der Waals surface area contributed by atoms with Crippen LogP contribution in [0, 0.1) is 13.8 Å². The fourth-order valence-corrected chi connectivity index (χ4v) is 4.80. The lowest BCUT2D eigenvalue weighted by Crippen LogP contribution is -2.57. The number of aryl methyl sites for hydroxylation is 2. The molecule has 0 unspecified atom stereocenters. The number of hydrogen-bond acceptors (Lipinski definition) is 5. The van der Waals surface area contributed by atoms with Crippen LogP contribution in [0.15, 0.2) is 4.99 Å². The zero-order valence-corrected chi connectivity index (χ0v) is 18.2. The first-order valence-corrected chi connectivity index (χ1v) is 9.74. The Morgan fingerprint density at radius 2 is 2.09 bits per heavy atom. The topological polar surface area (TPSA) is 74.7 Å². The van der Waals surface area contributed by atoms with Crippen LogP contribution in [-0.4, -0.2) is 54.9 Å². The average molecular weight is 472 g/mol. The molecule has 0 spiro atoms. The van der Waals surface area contributed by atoms with E-state index in [0.717, 1.165) is 16.7 Å². The molecule has 2 rings (SSSR count). The summed E-state index contributed by atoms with van der Waals surface area (Å²) in [5.74, 6) is 0.910. The van der Waals surface area contributed by atoms with Gasteiger partial charge in [-0.1, -0.05) is 0 Å². The van der Waals surface area contributed by atoms with Crippen molar-refractivity contribution in [2.24, 2.45) is 4.99 Å². The summed E-state index contributed by atoms with van der Waals surface area (Å²) in [6.07, 6.45) is 0. The Hall–Kier alpha value is -0.420. The molecule has 1 saturated heterocycles. The number of aromatic nitrogens is 1. The number of rotatable bonds is 2. The molecule has 1 aliphatic rings. The Bertz CT molecular complexity index is 683. The lowest BCUT2D eigenvalue weighted by Gasteiger charge is -2.39. The zero-order chi connectivity index (χ0) is 16.5.